The molecule has 164 valence electrons. The van der Waals surface area contributed by atoms with E-state index in [1.807, 2.05) is 12.1 Å². The third-order valence-electron chi connectivity index (χ3n) is 4.64. The first-order valence-electron chi connectivity index (χ1n) is 9.07. The van der Waals surface area contributed by atoms with Crippen LogP contribution in [-0.2, 0) is 6.54 Å². The molecule has 0 bridgehead atoms. The Kier molecular flexibility index (Phi) is 4.53. The summed E-state index contributed by atoms with van der Waals surface area (Å²) in [7, 11) is -9.72. The van der Waals surface area contributed by atoms with Crippen LogP contribution in [0.3, 0.4) is 0 Å². The molecule has 0 amide bonds. The van der Waals surface area contributed by atoms with Crippen molar-refractivity contribution in [2.75, 3.05) is 11.9 Å². The number of aliphatic hydroxyl groups is 1. The number of aromatic nitrogens is 3. The number of halogens is 5. The number of rotatable bonds is 6. The highest BCUT2D eigenvalue weighted by Gasteiger charge is 2.65. The Labute approximate surface area is 173 Å². The molecule has 0 unspecified atom stereocenters. The van der Waals surface area contributed by atoms with E-state index in [-0.39, 0.29) is 12.3 Å². The largest absolute Gasteiger partial charge is 0.395 e. The van der Waals surface area contributed by atoms with Gasteiger partial charge in [0.1, 0.15) is 10.7 Å². The summed E-state index contributed by atoms with van der Waals surface area (Å²) >= 11 is 0. The highest BCUT2D eigenvalue weighted by molar-refractivity contribution is 8.45. The third-order valence-corrected chi connectivity index (χ3v) is 5.81. The molecular formula is C20H17F5N4OS. The molecule has 0 spiro atoms. The molecular weight excluding hydrogens is 439 g/mol. The molecule has 2 heterocycles. The Morgan fingerprint density at radius 1 is 0.935 bits per heavy atom. The Hall–Kier alpha value is -3.18. The summed E-state index contributed by atoms with van der Waals surface area (Å²) in [6.45, 7) is 0.320. The zero-order valence-corrected chi connectivity index (χ0v) is 16.7. The van der Waals surface area contributed by atoms with Crippen LogP contribution in [0.5, 0.6) is 0 Å². The molecule has 5 nitrogen and oxygen atoms in total. The monoisotopic (exact) mass is 456 g/mol. The number of nitrogens with one attached hydrogen (secondary N) is 1. The Morgan fingerprint density at radius 2 is 1.68 bits per heavy atom. The summed E-state index contributed by atoms with van der Waals surface area (Å²) in [4.78, 5) is 6.56. The number of aliphatic hydroxyl groups excluding tert-OH is 1. The van der Waals surface area contributed by atoms with Crippen molar-refractivity contribution in [3.05, 3.63) is 67.1 Å². The van der Waals surface area contributed by atoms with Gasteiger partial charge < -0.3 is 15.0 Å². The Balaban J connectivity index is 1.69. The minimum absolute atomic E-state index is 0.0512. The Morgan fingerprint density at radius 3 is 2.35 bits per heavy atom. The van der Waals surface area contributed by atoms with Gasteiger partial charge in [0.15, 0.2) is 0 Å². The number of nitrogens with zero attached hydrogens (tertiary/aromatic N) is 3. The lowest BCUT2D eigenvalue weighted by molar-refractivity contribution is 0.278. The van der Waals surface area contributed by atoms with Crippen molar-refractivity contribution >= 4 is 32.8 Å². The van der Waals surface area contributed by atoms with Crippen molar-refractivity contribution in [1.29, 1.82) is 0 Å². The fourth-order valence-electron chi connectivity index (χ4n) is 3.18. The molecule has 0 aliphatic rings. The van der Waals surface area contributed by atoms with Crippen molar-refractivity contribution < 1.29 is 24.5 Å². The second-order valence-corrected chi connectivity index (χ2v) is 9.29. The number of hydrogen-bond donors (Lipinski definition) is 2. The van der Waals surface area contributed by atoms with Gasteiger partial charge in [-0.05, 0) is 54.1 Å². The van der Waals surface area contributed by atoms with Crippen LogP contribution >= 0.6 is 10.2 Å². The number of benzene rings is 2. The van der Waals surface area contributed by atoms with Crippen molar-refractivity contribution in [1.82, 2.24) is 14.5 Å². The molecule has 0 radical (unpaired) electrons. The predicted molar refractivity (Wildman–Crippen MR) is 111 cm³/mol. The van der Waals surface area contributed by atoms with Crippen LogP contribution < -0.4 is 5.32 Å². The van der Waals surface area contributed by atoms with E-state index in [1.54, 1.807) is 29.1 Å². The Bertz CT molecular complexity index is 1260. The second kappa shape index (κ2) is 6.66. The van der Waals surface area contributed by atoms with Crippen molar-refractivity contribution in [2.24, 2.45) is 0 Å². The van der Waals surface area contributed by atoms with E-state index in [0.29, 0.717) is 30.1 Å². The summed E-state index contributed by atoms with van der Waals surface area (Å²) < 4.78 is 66.4. The first-order valence-corrected chi connectivity index (χ1v) is 11.0. The topological polar surface area (TPSA) is 63.0 Å². The average Bonchev–Trinajstić information content (AvgIpc) is 3.10. The minimum atomic E-state index is -9.72. The summed E-state index contributed by atoms with van der Waals surface area (Å²) in [5.41, 5.74) is 3.12. The van der Waals surface area contributed by atoms with Crippen LogP contribution in [-0.4, -0.2) is 26.2 Å². The fourth-order valence-corrected chi connectivity index (χ4v) is 3.83. The highest BCUT2D eigenvalue weighted by atomic mass is 32.5. The van der Waals surface area contributed by atoms with Gasteiger partial charge in [-0.2, -0.15) is 0 Å². The SMILES string of the molecule is OCCn1cnc2ccc(-c3cccnc3Nc3ccc(S(F)(F)(F)(F)F)cc3)cc21. The molecule has 0 aliphatic heterocycles. The van der Waals surface area contributed by atoms with Gasteiger partial charge in [-0.3, -0.25) is 0 Å². The third kappa shape index (κ3) is 4.47. The average molecular weight is 456 g/mol. The number of anilines is 2. The van der Waals surface area contributed by atoms with E-state index >= 15 is 0 Å². The van der Waals surface area contributed by atoms with Crippen LogP contribution in [0, 0.1) is 0 Å². The molecule has 0 saturated carbocycles. The number of fused-ring (bicyclic) bond motifs is 1. The molecule has 0 saturated heterocycles. The summed E-state index contributed by atoms with van der Waals surface area (Å²) in [6.07, 6.45) is 3.12. The lowest BCUT2D eigenvalue weighted by Crippen LogP contribution is -2.06. The van der Waals surface area contributed by atoms with Crippen molar-refractivity contribution in [3.8, 4) is 11.1 Å². The predicted octanol–water partition coefficient (Wildman–Crippen LogP) is 6.49. The smallest absolute Gasteiger partial charge is 0.310 e. The molecule has 0 aliphatic carbocycles. The quantitative estimate of drug-likeness (QED) is 0.326. The van der Waals surface area contributed by atoms with Gasteiger partial charge in [0.25, 0.3) is 0 Å². The van der Waals surface area contributed by atoms with E-state index in [2.05, 4.69) is 15.3 Å². The summed E-state index contributed by atoms with van der Waals surface area (Å²) in [5.74, 6) is 0.343. The number of pyridine rings is 1. The number of imidazole rings is 1. The van der Waals surface area contributed by atoms with Gasteiger partial charge >= 0.3 is 10.2 Å². The molecule has 4 aromatic rings. The van der Waals surface area contributed by atoms with Gasteiger partial charge in [0.05, 0.1) is 24.0 Å². The van der Waals surface area contributed by atoms with Crippen LogP contribution in [0.25, 0.3) is 22.2 Å². The molecule has 0 fully saturated rings. The standard InChI is InChI=1S/C20H17F5N4OS/c21-31(22,23,24,25)16-6-4-15(5-7-16)28-20-17(2-1-9-26-20)14-3-8-18-19(12-14)29(10-11-30)13-27-18/h1-9,12-13,30H,10-11H2,(H,26,28). The first-order chi connectivity index (χ1) is 14.4. The molecule has 31 heavy (non-hydrogen) atoms. The molecule has 4 rings (SSSR count). The first kappa shape index (κ1) is 21.1. The zero-order valence-electron chi connectivity index (χ0n) is 15.9. The van der Waals surface area contributed by atoms with Gasteiger partial charge in [-0.15, -0.1) is 0 Å². The molecule has 11 heteroatoms. The van der Waals surface area contributed by atoms with Gasteiger partial charge in [0.2, 0.25) is 0 Å². The molecule has 0 atom stereocenters. The molecule has 2 aromatic heterocycles. The van der Waals surface area contributed by atoms with Gasteiger partial charge in [-0.1, -0.05) is 25.5 Å². The molecule has 2 N–H and O–H groups in total. The number of hydrogen-bond acceptors (Lipinski definition) is 4. The summed E-state index contributed by atoms with van der Waals surface area (Å²) in [5, 5.41) is 12.1. The highest BCUT2D eigenvalue weighted by Crippen LogP contribution is 3.02. The maximum atomic E-state index is 12.9. The zero-order chi connectivity index (χ0) is 22.3. The van der Waals surface area contributed by atoms with E-state index in [1.165, 1.54) is 6.20 Å². The van der Waals surface area contributed by atoms with Gasteiger partial charge in [0, 0.05) is 24.0 Å². The van der Waals surface area contributed by atoms with Crippen LogP contribution in [0.4, 0.5) is 30.9 Å². The van der Waals surface area contributed by atoms with E-state index in [0.717, 1.165) is 28.7 Å². The summed E-state index contributed by atoms with van der Waals surface area (Å²) in [6, 6.07) is 11.5. The van der Waals surface area contributed by atoms with Crippen LogP contribution in [0.1, 0.15) is 0 Å². The van der Waals surface area contributed by atoms with Crippen molar-refractivity contribution in [3.63, 3.8) is 0 Å². The maximum Gasteiger partial charge on any atom is 0.310 e. The lowest BCUT2D eigenvalue weighted by atomic mass is 10.1. The fraction of sp³-hybridized carbons (Fsp3) is 0.100. The van der Waals surface area contributed by atoms with Gasteiger partial charge in [-0.25, -0.2) is 9.97 Å². The lowest BCUT2D eigenvalue weighted by Gasteiger charge is -2.40. The van der Waals surface area contributed by atoms with Crippen LogP contribution in [0.15, 0.2) is 72.0 Å². The van der Waals surface area contributed by atoms with E-state index < -0.39 is 15.1 Å². The van der Waals surface area contributed by atoms with Crippen LogP contribution in [0.2, 0.25) is 0 Å². The second-order valence-electron chi connectivity index (χ2n) is 6.88. The minimum Gasteiger partial charge on any atom is -0.395 e. The van der Waals surface area contributed by atoms with Crippen molar-refractivity contribution in [2.45, 2.75) is 11.4 Å². The maximum absolute atomic E-state index is 12.9. The van der Waals surface area contributed by atoms with E-state index in [9.17, 15) is 24.5 Å². The molecule has 2 aromatic carbocycles. The van der Waals surface area contributed by atoms with E-state index in [4.69, 9.17) is 0 Å². The normalized spacial score (nSPS) is 14.3.